The Kier molecular flexibility index (Phi) is 16.6. The first kappa shape index (κ1) is 50.0. The van der Waals surface area contributed by atoms with E-state index in [9.17, 15) is 24.0 Å². The van der Waals surface area contributed by atoms with Gasteiger partial charge in [0.15, 0.2) is 23.0 Å². The molecule has 0 spiro atoms. The van der Waals surface area contributed by atoms with Gasteiger partial charge in [-0.1, -0.05) is 87.0 Å². The normalized spacial score (nSPS) is 20.1. The molecule has 1 saturated heterocycles. The minimum absolute atomic E-state index is 0.00729. The molecule has 7 rings (SSSR count). The minimum Gasteiger partial charge on any atom is -0.494 e. The van der Waals surface area contributed by atoms with Crippen LogP contribution in [0, 0.1) is 24.5 Å². The molecule has 2 fully saturated rings. The summed E-state index contributed by atoms with van der Waals surface area (Å²) in [5.74, 6) is -2.56. The number of carbonyl (C=O) groups is 5. The van der Waals surface area contributed by atoms with Crippen molar-refractivity contribution in [2.75, 3.05) is 31.7 Å². The second-order valence-corrected chi connectivity index (χ2v) is 18.7. The van der Waals surface area contributed by atoms with E-state index < -0.39 is 35.1 Å². The molecule has 0 bridgehead atoms. The van der Waals surface area contributed by atoms with Gasteiger partial charge in [0.1, 0.15) is 29.7 Å². The molecule has 2 heterocycles. The highest BCUT2D eigenvalue weighted by Crippen LogP contribution is 2.56. The van der Waals surface area contributed by atoms with Gasteiger partial charge in [-0.3, -0.25) is 29.4 Å². The number of fused-ring (bicyclic) bond motifs is 1. The number of unbranched alkanes of at least 4 members (excludes halogenated alkanes) is 6. The number of amides is 4. The standard InChI is InChI=1S/C53H61ClF2N4O8/c1-32-18-23-38(28-41(32)60-27-26-45(63)59-52(60)65)67-30-37(61)16-12-7-5-4-6-8-13-17-42(62)34-19-21-36(22-20-34)58-31-53(35-14-10-9-11-15-35)33(2)46-44(68-53)29-40(55)49(54)48(46)47-39(51(57)64)24-25-43(66-3)50(47)56/h9-11,14-15,18,23-25,28-29,33-34,36,58H,4-8,12-13,16-17,19-22,26-27,30-31H2,1-3H3,(H2,57,64)(H,59,63,65)/t33-,34?,36?,53-/m0/s1. The molecule has 1 aliphatic carbocycles. The summed E-state index contributed by atoms with van der Waals surface area (Å²) in [6.07, 6.45) is 11.0. The summed E-state index contributed by atoms with van der Waals surface area (Å²) in [7, 11) is 1.29. The number of anilines is 1. The second kappa shape index (κ2) is 22.5. The number of ether oxygens (including phenoxy) is 3. The van der Waals surface area contributed by atoms with Gasteiger partial charge in [0.2, 0.25) is 11.8 Å². The number of nitrogens with two attached hydrogens (primary N) is 1. The van der Waals surface area contributed by atoms with Crippen LogP contribution in [-0.2, 0) is 20.0 Å². The Morgan fingerprint density at radius 1 is 0.912 bits per heavy atom. The van der Waals surface area contributed by atoms with Crippen molar-refractivity contribution in [2.45, 2.75) is 121 Å². The van der Waals surface area contributed by atoms with Crippen molar-refractivity contribution in [1.82, 2.24) is 10.6 Å². The van der Waals surface area contributed by atoms with Crippen molar-refractivity contribution < 1.29 is 47.0 Å². The summed E-state index contributed by atoms with van der Waals surface area (Å²) < 4.78 is 49.6. The Balaban J connectivity index is 0.835. The average Bonchev–Trinajstić information content (AvgIpc) is 3.61. The third-order valence-corrected chi connectivity index (χ3v) is 14.3. The lowest BCUT2D eigenvalue weighted by atomic mass is 9.76. The van der Waals surface area contributed by atoms with Crippen LogP contribution in [0.2, 0.25) is 5.02 Å². The van der Waals surface area contributed by atoms with Gasteiger partial charge in [0.25, 0.3) is 0 Å². The van der Waals surface area contributed by atoms with Gasteiger partial charge in [-0.05, 0) is 74.8 Å². The smallest absolute Gasteiger partial charge is 0.328 e. The maximum absolute atomic E-state index is 16.2. The molecule has 15 heteroatoms. The molecule has 0 unspecified atom stereocenters. The topological polar surface area (TPSA) is 166 Å². The number of Topliss-reactive ketones (excluding diaryl/α,β-unsaturated/α-hetero) is 2. The second-order valence-electron chi connectivity index (χ2n) is 18.3. The SMILES string of the molecule is COc1ccc(C(N)=O)c(-c2c(Cl)c(F)cc3c2[C@H](C)[C@@](CNC2CCC(C(=O)CCCCCCCCCC(=O)COc4ccc(C)c(N5CCC(=O)NC5=O)c4)CC2)(c2ccccc2)O3)c1F. The van der Waals surface area contributed by atoms with Crippen molar-refractivity contribution in [3.8, 4) is 28.4 Å². The number of primary amides is 1. The van der Waals surface area contributed by atoms with E-state index in [1.54, 1.807) is 12.1 Å². The average molecular weight is 956 g/mol. The van der Waals surface area contributed by atoms with Crippen molar-refractivity contribution >= 4 is 46.7 Å². The molecule has 12 nitrogen and oxygen atoms in total. The molecule has 2 atom stereocenters. The minimum atomic E-state index is -1.06. The van der Waals surface area contributed by atoms with Crippen LogP contribution in [0.15, 0.2) is 66.7 Å². The first-order chi connectivity index (χ1) is 32.7. The highest BCUT2D eigenvalue weighted by atomic mass is 35.5. The van der Waals surface area contributed by atoms with E-state index in [2.05, 4.69) is 10.6 Å². The number of hydrogen-bond acceptors (Lipinski definition) is 9. The van der Waals surface area contributed by atoms with Gasteiger partial charge < -0.3 is 25.3 Å². The van der Waals surface area contributed by atoms with Gasteiger partial charge in [0.05, 0.1) is 23.4 Å². The number of hydrogen-bond donors (Lipinski definition) is 3. The molecule has 4 amide bonds. The van der Waals surface area contributed by atoms with Crippen LogP contribution in [-0.4, -0.2) is 62.3 Å². The van der Waals surface area contributed by atoms with E-state index in [-0.39, 0.29) is 76.4 Å². The molecule has 2 aliphatic heterocycles. The highest BCUT2D eigenvalue weighted by molar-refractivity contribution is 6.34. The summed E-state index contributed by atoms with van der Waals surface area (Å²) in [6, 6.07) is 18.4. The van der Waals surface area contributed by atoms with Crippen molar-refractivity contribution in [3.63, 3.8) is 0 Å². The van der Waals surface area contributed by atoms with E-state index in [1.807, 2.05) is 50.2 Å². The lowest BCUT2D eigenvalue weighted by molar-refractivity contribution is -0.124. The van der Waals surface area contributed by atoms with Crippen LogP contribution in [0.1, 0.15) is 130 Å². The quantitative estimate of drug-likeness (QED) is 0.0650. The van der Waals surface area contributed by atoms with Crippen LogP contribution < -0.4 is 35.5 Å². The monoisotopic (exact) mass is 954 g/mol. The lowest BCUT2D eigenvalue weighted by Gasteiger charge is -2.37. The zero-order valence-corrected chi connectivity index (χ0v) is 39.8. The first-order valence-corrected chi connectivity index (χ1v) is 24.2. The third kappa shape index (κ3) is 11.2. The molecule has 1 saturated carbocycles. The molecule has 68 heavy (non-hydrogen) atoms. The lowest BCUT2D eigenvalue weighted by Crippen LogP contribution is -2.49. The molecule has 362 valence electrons. The molecular weight excluding hydrogens is 894 g/mol. The van der Waals surface area contributed by atoms with Crippen molar-refractivity contribution in [2.24, 2.45) is 11.7 Å². The van der Waals surface area contributed by atoms with Crippen LogP contribution in [0.25, 0.3) is 11.1 Å². The number of carbonyl (C=O) groups excluding carboxylic acids is 5. The Bertz CT molecular complexity index is 2520. The molecular formula is C53H61ClF2N4O8. The summed E-state index contributed by atoms with van der Waals surface area (Å²) in [6.45, 7) is 4.37. The van der Waals surface area contributed by atoms with E-state index in [4.69, 9.17) is 31.5 Å². The molecule has 3 aliphatic rings. The number of methoxy groups -OCH3 is 1. The fourth-order valence-electron chi connectivity index (χ4n) is 10.0. The maximum atomic E-state index is 16.2. The van der Waals surface area contributed by atoms with Gasteiger partial charge >= 0.3 is 6.03 Å². The third-order valence-electron chi connectivity index (χ3n) is 13.9. The number of nitrogens with one attached hydrogen (secondary N) is 2. The summed E-state index contributed by atoms with van der Waals surface area (Å²) in [5, 5.41) is 5.69. The van der Waals surface area contributed by atoms with Gasteiger partial charge in [-0.2, -0.15) is 0 Å². The summed E-state index contributed by atoms with van der Waals surface area (Å²) in [4.78, 5) is 63.9. The molecule has 4 N–H and O–H groups in total. The van der Waals surface area contributed by atoms with E-state index >= 15 is 8.78 Å². The fourth-order valence-corrected chi connectivity index (χ4v) is 10.3. The van der Waals surface area contributed by atoms with Crippen LogP contribution in [0.3, 0.4) is 0 Å². The maximum Gasteiger partial charge on any atom is 0.328 e. The number of rotatable bonds is 22. The number of urea groups is 1. The number of halogens is 3. The highest BCUT2D eigenvalue weighted by Gasteiger charge is 2.50. The van der Waals surface area contributed by atoms with Crippen molar-refractivity contribution in [1.29, 1.82) is 0 Å². The molecule has 4 aromatic carbocycles. The first-order valence-electron chi connectivity index (χ1n) is 23.8. The number of nitrogens with zero attached hydrogens (tertiary/aromatic N) is 1. The Hall–Kier alpha value is -5.86. The van der Waals surface area contributed by atoms with Crippen LogP contribution in [0.4, 0.5) is 19.3 Å². The van der Waals surface area contributed by atoms with Gasteiger partial charge in [0, 0.05) is 79.1 Å². The van der Waals surface area contributed by atoms with E-state index in [1.165, 1.54) is 30.2 Å². The predicted molar refractivity (Wildman–Crippen MR) is 257 cm³/mol. The Morgan fingerprint density at radius 2 is 1.60 bits per heavy atom. The van der Waals surface area contributed by atoms with Crippen LogP contribution in [0.5, 0.6) is 17.2 Å². The van der Waals surface area contributed by atoms with Gasteiger partial charge in [-0.25, -0.2) is 13.6 Å². The Labute approximate surface area is 401 Å². The van der Waals surface area contributed by atoms with Crippen molar-refractivity contribution in [3.05, 3.63) is 106 Å². The fraction of sp³-hybridized carbons (Fsp3) is 0.453. The summed E-state index contributed by atoms with van der Waals surface area (Å²) >= 11 is 6.67. The zero-order chi connectivity index (χ0) is 48.5. The molecule has 0 radical (unpaired) electrons. The number of ketones is 2. The molecule has 4 aromatic rings. The van der Waals surface area contributed by atoms with Gasteiger partial charge in [-0.15, -0.1) is 0 Å². The summed E-state index contributed by atoms with van der Waals surface area (Å²) in [5.41, 5.74) is 7.01. The number of aryl methyl sites for hydroxylation is 1. The van der Waals surface area contributed by atoms with Crippen LogP contribution >= 0.6 is 11.6 Å². The zero-order valence-electron chi connectivity index (χ0n) is 39.0. The van der Waals surface area contributed by atoms with E-state index in [0.29, 0.717) is 42.2 Å². The molecule has 0 aromatic heterocycles. The Morgan fingerprint density at radius 3 is 2.28 bits per heavy atom. The largest absolute Gasteiger partial charge is 0.494 e. The van der Waals surface area contributed by atoms with E-state index in [0.717, 1.165) is 81.8 Å². The predicted octanol–water partition coefficient (Wildman–Crippen LogP) is 10.4. The number of benzene rings is 4. The number of imide groups is 1.